The Morgan fingerprint density at radius 2 is 1.85 bits per heavy atom. The van der Waals surface area contributed by atoms with Crippen LogP contribution in [-0.2, 0) is 5.75 Å². The van der Waals surface area contributed by atoms with E-state index >= 15 is 0 Å². The van der Waals surface area contributed by atoms with Crippen molar-refractivity contribution in [3.05, 3.63) is 66.5 Å². The zero-order valence-corrected chi connectivity index (χ0v) is 12.1. The fraction of sp³-hybridized carbons (Fsp3) is 0.118. The van der Waals surface area contributed by atoms with Gasteiger partial charge in [0.05, 0.1) is 13.3 Å². The van der Waals surface area contributed by atoms with Crippen molar-refractivity contribution in [2.24, 2.45) is 0 Å². The third-order valence-electron chi connectivity index (χ3n) is 3.13. The molecule has 3 heteroatoms. The first-order valence-corrected chi connectivity index (χ1v) is 7.43. The lowest BCUT2D eigenvalue weighted by Gasteiger charge is -2.05. The summed E-state index contributed by atoms with van der Waals surface area (Å²) in [6.07, 6.45) is 3.61. The molecule has 3 rings (SSSR count). The van der Waals surface area contributed by atoms with E-state index in [9.17, 15) is 0 Å². The lowest BCUT2D eigenvalue weighted by molar-refractivity contribution is 0.412. The van der Waals surface area contributed by atoms with E-state index in [-0.39, 0.29) is 0 Å². The first kappa shape index (κ1) is 13.0. The van der Waals surface area contributed by atoms with E-state index in [1.807, 2.05) is 24.0 Å². The van der Waals surface area contributed by atoms with Crippen LogP contribution < -0.4 is 4.74 Å². The van der Waals surface area contributed by atoms with Gasteiger partial charge in [-0.15, -0.1) is 11.8 Å². The third kappa shape index (κ3) is 2.94. The summed E-state index contributed by atoms with van der Waals surface area (Å²) in [4.78, 5) is 5.45. The van der Waals surface area contributed by atoms with Crippen LogP contribution in [0.1, 0.15) is 5.56 Å². The van der Waals surface area contributed by atoms with Gasteiger partial charge in [0.1, 0.15) is 5.75 Å². The molecule has 3 aromatic rings. The van der Waals surface area contributed by atoms with Crippen molar-refractivity contribution in [1.29, 1.82) is 0 Å². The quantitative estimate of drug-likeness (QED) is 0.656. The lowest BCUT2D eigenvalue weighted by atomic mass is 10.1. The molecule has 0 unspecified atom stereocenters. The first-order valence-electron chi connectivity index (χ1n) is 6.45. The average Bonchev–Trinajstić information content (AvgIpc) is 2.53. The van der Waals surface area contributed by atoms with Crippen molar-refractivity contribution in [2.45, 2.75) is 10.6 Å². The van der Waals surface area contributed by atoms with Crippen molar-refractivity contribution in [3.8, 4) is 5.75 Å². The Morgan fingerprint density at radius 3 is 2.70 bits per heavy atom. The van der Waals surface area contributed by atoms with Gasteiger partial charge in [-0.25, -0.2) is 0 Å². The summed E-state index contributed by atoms with van der Waals surface area (Å²) in [6, 6.07) is 17.0. The highest BCUT2D eigenvalue weighted by atomic mass is 32.2. The summed E-state index contributed by atoms with van der Waals surface area (Å²) < 4.78 is 5.19. The molecular weight excluding hydrogens is 266 g/mol. The van der Waals surface area contributed by atoms with E-state index in [0.29, 0.717) is 0 Å². The van der Waals surface area contributed by atoms with Crippen LogP contribution in [0.2, 0.25) is 0 Å². The summed E-state index contributed by atoms with van der Waals surface area (Å²) >= 11 is 1.81. The summed E-state index contributed by atoms with van der Waals surface area (Å²) in [5.41, 5.74) is 1.17. The maximum Gasteiger partial charge on any atom is 0.137 e. The van der Waals surface area contributed by atoms with Crippen molar-refractivity contribution < 1.29 is 4.74 Å². The molecule has 0 atom stereocenters. The first-order chi connectivity index (χ1) is 9.85. The normalized spacial score (nSPS) is 10.7. The fourth-order valence-electron chi connectivity index (χ4n) is 2.08. The molecule has 100 valence electrons. The van der Waals surface area contributed by atoms with Gasteiger partial charge in [0.25, 0.3) is 0 Å². The van der Waals surface area contributed by atoms with Crippen LogP contribution in [0, 0.1) is 0 Å². The Hall–Kier alpha value is -2.00. The van der Waals surface area contributed by atoms with Crippen molar-refractivity contribution in [1.82, 2.24) is 4.98 Å². The number of thioether (sulfide) groups is 1. The van der Waals surface area contributed by atoms with E-state index < -0.39 is 0 Å². The van der Waals surface area contributed by atoms with Crippen molar-refractivity contribution in [3.63, 3.8) is 0 Å². The van der Waals surface area contributed by atoms with Crippen LogP contribution in [0.4, 0.5) is 0 Å². The maximum atomic E-state index is 5.19. The van der Waals surface area contributed by atoms with Crippen molar-refractivity contribution in [2.75, 3.05) is 7.11 Å². The highest BCUT2D eigenvalue weighted by molar-refractivity contribution is 7.98. The standard InChI is InChI=1S/C17H15NOS/c1-19-16-8-13(10-18-11-16)12-20-17-7-6-14-4-2-3-5-15(14)9-17/h2-11H,12H2,1H3. The van der Waals surface area contributed by atoms with Gasteiger partial charge in [0.15, 0.2) is 0 Å². The van der Waals surface area contributed by atoms with Gasteiger partial charge in [-0.2, -0.15) is 0 Å². The molecule has 0 N–H and O–H groups in total. The molecule has 1 aromatic heterocycles. The van der Waals surface area contributed by atoms with E-state index in [2.05, 4.69) is 47.4 Å². The maximum absolute atomic E-state index is 5.19. The average molecular weight is 281 g/mol. The Bertz CT molecular complexity index is 727. The predicted octanol–water partition coefficient (Wildman–Crippen LogP) is 4.54. The van der Waals surface area contributed by atoms with Crippen LogP contribution >= 0.6 is 11.8 Å². The van der Waals surface area contributed by atoms with Gasteiger partial charge in [-0.3, -0.25) is 4.98 Å². The van der Waals surface area contributed by atoms with E-state index in [4.69, 9.17) is 4.74 Å². The van der Waals surface area contributed by atoms with Gasteiger partial charge in [-0.05, 0) is 34.5 Å². The molecule has 0 spiro atoms. The number of aromatic nitrogens is 1. The van der Waals surface area contributed by atoms with Gasteiger partial charge in [0, 0.05) is 16.8 Å². The van der Waals surface area contributed by atoms with Gasteiger partial charge in [-0.1, -0.05) is 30.3 Å². The number of benzene rings is 2. The minimum atomic E-state index is 0.807. The van der Waals surface area contributed by atoms with E-state index in [1.54, 1.807) is 13.3 Å². The van der Waals surface area contributed by atoms with E-state index in [0.717, 1.165) is 11.5 Å². The number of methoxy groups -OCH3 is 1. The van der Waals surface area contributed by atoms with Crippen molar-refractivity contribution >= 4 is 22.5 Å². The molecule has 0 aliphatic carbocycles. The largest absolute Gasteiger partial charge is 0.495 e. The molecule has 0 saturated carbocycles. The Labute approximate surface area is 122 Å². The summed E-state index contributed by atoms with van der Waals surface area (Å²) in [6.45, 7) is 0. The zero-order valence-electron chi connectivity index (χ0n) is 11.2. The molecule has 0 aliphatic rings. The number of fused-ring (bicyclic) bond motifs is 1. The molecule has 0 aliphatic heterocycles. The molecule has 2 nitrogen and oxygen atoms in total. The molecule has 2 aromatic carbocycles. The molecule has 0 amide bonds. The second kappa shape index (κ2) is 5.97. The molecule has 0 bridgehead atoms. The smallest absolute Gasteiger partial charge is 0.137 e. The van der Waals surface area contributed by atoms with Gasteiger partial charge in [0.2, 0.25) is 0 Å². The predicted molar refractivity (Wildman–Crippen MR) is 84.3 cm³/mol. The second-order valence-corrected chi connectivity index (χ2v) is 5.58. The third-order valence-corrected chi connectivity index (χ3v) is 4.20. The number of hydrogen-bond donors (Lipinski definition) is 0. The monoisotopic (exact) mass is 281 g/mol. The minimum Gasteiger partial charge on any atom is -0.495 e. The van der Waals surface area contributed by atoms with Crippen LogP contribution in [-0.4, -0.2) is 12.1 Å². The number of pyridine rings is 1. The summed E-state index contributed by atoms with van der Waals surface area (Å²) in [5, 5.41) is 2.56. The van der Waals surface area contributed by atoms with Crippen LogP contribution in [0.5, 0.6) is 5.75 Å². The Kier molecular flexibility index (Phi) is 3.88. The molecule has 0 radical (unpaired) electrons. The summed E-state index contributed by atoms with van der Waals surface area (Å²) in [5.74, 6) is 1.70. The molecule has 0 fully saturated rings. The minimum absolute atomic E-state index is 0.807. The SMILES string of the molecule is COc1cncc(CSc2ccc3ccccc3c2)c1. The number of ether oxygens (including phenoxy) is 1. The second-order valence-electron chi connectivity index (χ2n) is 4.53. The highest BCUT2D eigenvalue weighted by Gasteiger charge is 2.00. The molecular formula is C17H15NOS. The van der Waals surface area contributed by atoms with Gasteiger partial charge < -0.3 is 4.74 Å². The Morgan fingerprint density at radius 1 is 1.00 bits per heavy atom. The lowest BCUT2D eigenvalue weighted by Crippen LogP contribution is -1.88. The Balaban J connectivity index is 1.76. The van der Waals surface area contributed by atoms with Crippen LogP contribution in [0.15, 0.2) is 65.8 Å². The number of rotatable bonds is 4. The zero-order chi connectivity index (χ0) is 13.8. The molecule has 20 heavy (non-hydrogen) atoms. The highest BCUT2D eigenvalue weighted by Crippen LogP contribution is 2.27. The number of nitrogens with zero attached hydrogens (tertiary/aromatic N) is 1. The van der Waals surface area contributed by atoms with E-state index in [1.165, 1.54) is 21.2 Å². The summed E-state index contributed by atoms with van der Waals surface area (Å²) in [7, 11) is 1.66. The van der Waals surface area contributed by atoms with Crippen LogP contribution in [0.25, 0.3) is 10.8 Å². The topological polar surface area (TPSA) is 22.1 Å². The molecule has 1 heterocycles. The fourth-order valence-corrected chi connectivity index (χ4v) is 2.94. The molecule has 0 saturated heterocycles. The van der Waals surface area contributed by atoms with Crippen LogP contribution in [0.3, 0.4) is 0 Å². The number of hydrogen-bond acceptors (Lipinski definition) is 3. The van der Waals surface area contributed by atoms with Gasteiger partial charge >= 0.3 is 0 Å².